The van der Waals surface area contributed by atoms with Gasteiger partial charge in [-0.3, -0.25) is 9.59 Å². The minimum absolute atomic E-state index is 0.0408. The Morgan fingerprint density at radius 2 is 1.74 bits per heavy atom. The number of benzene rings is 2. The summed E-state index contributed by atoms with van der Waals surface area (Å²) in [6.07, 6.45) is 0.820. The molecule has 0 aliphatic heterocycles. The lowest BCUT2D eigenvalue weighted by Crippen LogP contribution is -2.50. The molecule has 2 aromatic carbocycles. The first-order valence-electron chi connectivity index (χ1n) is 10.7. The van der Waals surface area contributed by atoms with E-state index in [0.717, 1.165) is 28.9 Å². The fourth-order valence-electron chi connectivity index (χ4n) is 3.06. The zero-order valence-corrected chi connectivity index (χ0v) is 19.4. The first kappa shape index (κ1) is 24.3. The molecule has 0 heterocycles. The summed E-state index contributed by atoms with van der Waals surface area (Å²) in [6.45, 7) is 9.78. The summed E-state index contributed by atoms with van der Waals surface area (Å²) in [7, 11) is 1.61. The van der Waals surface area contributed by atoms with Crippen LogP contribution in [0.1, 0.15) is 43.9 Å². The van der Waals surface area contributed by atoms with E-state index in [0.29, 0.717) is 12.3 Å². The van der Waals surface area contributed by atoms with Gasteiger partial charge in [0.05, 0.1) is 7.11 Å². The van der Waals surface area contributed by atoms with E-state index in [4.69, 9.17) is 9.47 Å². The maximum atomic E-state index is 13.1. The van der Waals surface area contributed by atoms with E-state index in [9.17, 15) is 9.59 Å². The quantitative estimate of drug-likeness (QED) is 0.623. The number of ether oxygens (including phenoxy) is 2. The highest BCUT2D eigenvalue weighted by atomic mass is 16.5. The molecule has 2 aromatic rings. The van der Waals surface area contributed by atoms with Gasteiger partial charge in [-0.05, 0) is 69.0 Å². The van der Waals surface area contributed by atoms with Crippen LogP contribution in [0.2, 0.25) is 0 Å². The molecule has 0 radical (unpaired) electrons. The third kappa shape index (κ3) is 7.02. The molecule has 0 aliphatic rings. The van der Waals surface area contributed by atoms with E-state index in [1.165, 1.54) is 0 Å². The number of rotatable bonds is 10. The summed E-state index contributed by atoms with van der Waals surface area (Å²) in [4.78, 5) is 27.5. The third-order valence-corrected chi connectivity index (χ3v) is 5.38. The summed E-state index contributed by atoms with van der Waals surface area (Å²) >= 11 is 0. The second-order valence-electron chi connectivity index (χ2n) is 7.92. The second-order valence-corrected chi connectivity index (χ2v) is 7.92. The first-order valence-corrected chi connectivity index (χ1v) is 10.7. The van der Waals surface area contributed by atoms with Crippen molar-refractivity contribution >= 4 is 11.8 Å². The van der Waals surface area contributed by atoms with Crippen molar-refractivity contribution in [1.29, 1.82) is 0 Å². The molecule has 0 spiro atoms. The summed E-state index contributed by atoms with van der Waals surface area (Å²) in [5.41, 5.74) is 2.93. The monoisotopic (exact) mass is 426 g/mol. The Labute approximate surface area is 185 Å². The average molecular weight is 427 g/mol. The summed E-state index contributed by atoms with van der Waals surface area (Å²) in [6, 6.07) is 12.8. The average Bonchev–Trinajstić information content (AvgIpc) is 2.77. The molecule has 0 aromatic heterocycles. The standard InChI is InChI=1S/C25H34N2O4/c1-7-19(4)26-25(29)20(5)27(15-21-10-12-22(30-6)13-11-21)24(28)16-31-23-14-17(2)8-9-18(23)3/h8-14,19-20H,7,15-16H2,1-6H3,(H,26,29)/t19-,20-/m0/s1. The predicted octanol–water partition coefficient (Wildman–Crippen LogP) is 4.02. The molecule has 0 saturated heterocycles. The van der Waals surface area contributed by atoms with Crippen molar-refractivity contribution in [2.45, 2.75) is 59.7 Å². The van der Waals surface area contributed by atoms with Crippen molar-refractivity contribution in [3.05, 3.63) is 59.2 Å². The lowest BCUT2D eigenvalue weighted by atomic mass is 10.1. The van der Waals surface area contributed by atoms with Gasteiger partial charge < -0.3 is 19.7 Å². The van der Waals surface area contributed by atoms with Crippen molar-refractivity contribution in [1.82, 2.24) is 10.2 Å². The van der Waals surface area contributed by atoms with Gasteiger partial charge in [-0.25, -0.2) is 0 Å². The molecule has 2 amide bonds. The molecule has 2 rings (SSSR count). The molecule has 168 valence electrons. The van der Waals surface area contributed by atoms with Gasteiger partial charge >= 0.3 is 0 Å². The van der Waals surface area contributed by atoms with Crippen molar-refractivity contribution in [2.75, 3.05) is 13.7 Å². The molecular formula is C25H34N2O4. The highest BCUT2D eigenvalue weighted by Crippen LogP contribution is 2.20. The van der Waals surface area contributed by atoms with Crippen molar-refractivity contribution in [3.8, 4) is 11.5 Å². The van der Waals surface area contributed by atoms with Gasteiger partial charge in [-0.1, -0.05) is 31.2 Å². The van der Waals surface area contributed by atoms with Gasteiger partial charge in [0.25, 0.3) is 5.91 Å². The molecule has 0 saturated carbocycles. The summed E-state index contributed by atoms with van der Waals surface area (Å²) in [5, 5.41) is 2.97. The maximum Gasteiger partial charge on any atom is 0.261 e. The van der Waals surface area contributed by atoms with E-state index < -0.39 is 6.04 Å². The molecule has 31 heavy (non-hydrogen) atoms. The fraction of sp³-hybridized carbons (Fsp3) is 0.440. The predicted molar refractivity (Wildman–Crippen MR) is 122 cm³/mol. The Morgan fingerprint density at radius 3 is 2.35 bits per heavy atom. The normalized spacial score (nSPS) is 12.6. The number of carbonyl (C=O) groups excluding carboxylic acids is 2. The lowest BCUT2D eigenvalue weighted by Gasteiger charge is -2.29. The Bertz CT molecular complexity index is 880. The van der Waals surface area contributed by atoms with E-state index >= 15 is 0 Å². The topological polar surface area (TPSA) is 67.9 Å². The molecular weight excluding hydrogens is 392 g/mol. The van der Waals surface area contributed by atoms with Crippen LogP contribution in [0, 0.1) is 13.8 Å². The molecule has 0 bridgehead atoms. The molecule has 6 heteroatoms. The van der Waals surface area contributed by atoms with Crippen molar-refractivity contribution < 1.29 is 19.1 Å². The van der Waals surface area contributed by atoms with Gasteiger partial charge in [-0.2, -0.15) is 0 Å². The number of amides is 2. The zero-order valence-electron chi connectivity index (χ0n) is 19.4. The third-order valence-electron chi connectivity index (χ3n) is 5.38. The number of aryl methyl sites for hydroxylation is 2. The lowest BCUT2D eigenvalue weighted by molar-refractivity contribution is -0.142. The zero-order chi connectivity index (χ0) is 23.0. The fourth-order valence-corrected chi connectivity index (χ4v) is 3.06. The minimum Gasteiger partial charge on any atom is -0.497 e. The van der Waals surface area contributed by atoms with Crippen LogP contribution in [0.25, 0.3) is 0 Å². The second kappa shape index (κ2) is 11.4. The maximum absolute atomic E-state index is 13.1. The van der Waals surface area contributed by atoms with Gasteiger partial charge in [0.1, 0.15) is 17.5 Å². The van der Waals surface area contributed by atoms with Crippen LogP contribution in [0.15, 0.2) is 42.5 Å². The van der Waals surface area contributed by atoms with Crippen LogP contribution in [0.3, 0.4) is 0 Å². The molecule has 1 N–H and O–H groups in total. The number of hydrogen-bond acceptors (Lipinski definition) is 4. The van der Waals surface area contributed by atoms with E-state index in [1.54, 1.807) is 18.9 Å². The SMILES string of the molecule is CC[C@H](C)NC(=O)[C@H](C)N(Cc1ccc(OC)cc1)C(=O)COc1cc(C)ccc1C. The number of nitrogens with zero attached hydrogens (tertiary/aromatic N) is 1. The number of methoxy groups -OCH3 is 1. The number of nitrogens with one attached hydrogen (secondary N) is 1. The Hall–Kier alpha value is -3.02. The molecule has 0 unspecified atom stereocenters. The van der Waals surface area contributed by atoms with Crippen LogP contribution in [-0.4, -0.2) is 42.5 Å². The van der Waals surface area contributed by atoms with Crippen molar-refractivity contribution in [2.24, 2.45) is 0 Å². The Balaban J connectivity index is 2.18. The van der Waals surface area contributed by atoms with Crippen LogP contribution in [0.5, 0.6) is 11.5 Å². The first-order chi connectivity index (χ1) is 14.7. The Morgan fingerprint density at radius 1 is 1.06 bits per heavy atom. The van der Waals surface area contributed by atoms with Crippen LogP contribution in [-0.2, 0) is 16.1 Å². The summed E-state index contributed by atoms with van der Waals surface area (Å²) in [5.74, 6) is 0.989. The minimum atomic E-state index is -0.634. The van der Waals surface area contributed by atoms with E-state index in [1.807, 2.05) is 70.2 Å². The van der Waals surface area contributed by atoms with Crippen LogP contribution in [0.4, 0.5) is 0 Å². The highest BCUT2D eigenvalue weighted by Gasteiger charge is 2.27. The molecule has 0 fully saturated rings. The number of hydrogen-bond donors (Lipinski definition) is 1. The van der Waals surface area contributed by atoms with E-state index in [-0.39, 0.29) is 24.5 Å². The van der Waals surface area contributed by atoms with Gasteiger partial charge in [-0.15, -0.1) is 0 Å². The molecule has 2 atom stereocenters. The summed E-state index contributed by atoms with van der Waals surface area (Å²) < 4.78 is 11.0. The van der Waals surface area contributed by atoms with Gasteiger partial charge in [0.15, 0.2) is 6.61 Å². The largest absolute Gasteiger partial charge is 0.497 e. The van der Waals surface area contributed by atoms with Gasteiger partial charge in [0, 0.05) is 12.6 Å². The van der Waals surface area contributed by atoms with Gasteiger partial charge in [0.2, 0.25) is 5.91 Å². The molecule has 0 aliphatic carbocycles. The van der Waals surface area contributed by atoms with E-state index in [2.05, 4.69) is 5.32 Å². The molecule has 6 nitrogen and oxygen atoms in total. The number of carbonyl (C=O) groups is 2. The highest BCUT2D eigenvalue weighted by molar-refractivity contribution is 5.88. The smallest absolute Gasteiger partial charge is 0.261 e. The van der Waals surface area contributed by atoms with Crippen LogP contribution < -0.4 is 14.8 Å². The Kier molecular flexibility index (Phi) is 8.91. The van der Waals surface area contributed by atoms with Crippen LogP contribution >= 0.6 is 0 Å². The van der Waals surface area contributed by atoms with Crippen molar-refractivity contribution in [3.63, 3.8) is 0 Å².